The Morgan fingerprint density at radius 1 is 1.14 bits per heavy atom. The van der Waals surface area contributed by atoms with Gasteiger partial charge in [0.25, 0.3) is 0 Å². The van der Waals surface area contributed by atoms with Crippen LogP contribution in [0.1, 0.15) is 23.1 Å². The molecule has 2 heteroatoms. The molecule has 0 radical (unpaired) electrons. The van der Waals surface area contributed by atoms with Crippen molar-refractivity contribution in [2.75, 3.05) is 7.05 Å². The van der Waals surface area contributed by atoms with Gasteiger partial charge in [-0.05, 0) is 67.5 Å². The van der Waals surface area contributed by atoms with E-state index in [0.29, 0.717) is 12.0 Å². The number of hydrogen-bond donors (Lipinski definition) is 1. The van der Waals surface area contributed by atoms with Crippen LogP contribution in [0.4, 0.5) is 4.39 Å². The van der Waals surface area contributed by atoms with Crippen molar-refractivity contribution in [2.45, 2.75) is 31.7 Å². The summed E-state index contributed by atoms with van der Waals surface area (Å²) >= 11 is 0. The van der Waals surface area contributed by atoms with Crippen LogP contribution in [-0.2, 0) is 19.3 Å². The maximum absolute atomic E-state index is 13.3. The van der Waals surface area contributed by atoms with E-state index in [4.69, 9.17) is 0 Å². The highest BCUT2D eigenvalue weighted by molar-refractivity contribution is 5.30. The molecule has 0 bridgehead atoms. The van der Waals surface area contributed by atoms with Gasteiger partial charge in [0.2, 0.25) is 0 Å². The predicted molar refractivity (Wildman–Crippen MR) is 84.9 cm³/mol. The minimum atomic E-state index is -0.142. The molecule has 2 aromatic rings. The van der Waals surface area contributed by atoms with Gasteiger partial charge in [-0.1, -0.05) is 36.4 Å². The highest BCUT2D eigenvalue weighted by atomic mass is 19.1. The molecule has 1 aliphatic carbocycles. The van der Waals surface area contributed by atoms with E-state index >= 15 is 0 Å². The van der Waals surface area contributed by atoms with Gasteiger partial charge >= 0.3 is 0 Å². The van der Waals surface area contributed by atoms with E-state index in [1.54, 1.807) is 12.1 Å². The van der Waals surface area contributed by atoms with Crippen molar-refractivity contribution in [3.8, 4) is 0 Å². The van der Waals surface area contributed by atoms with Gasteiger partial charge in [-0.15, -0.1) is 0 Å². The fourth-order valence-corrected chi connectivity index (χ4v) is 3.49. The van der Waals surface area contributed by atoms with Gasteiger partial charge < -0.3 is 5.32 Å². The molecule has 2 atom stereocenters. The van der Waals surface area contributed by atoms with Crippen LogP contribution in [0, 0.1) is 11.7 Å². The lowest BCUT2D eigenvalue weighted by Crippen LogP contribution is -2.38. The molecule has 21 heavy (non-hydrogen) atoms. The molecule has 0 heterocycles. The highest BCUT2D eigenvalue weighted by Crippen LogP contribution is 2.28. The van der Waals surface area contributed by atoms with Crippen molar-refractivity contribution < 1.29 is 4.39 Å². The van der Waals surface area contributed by atoms with Crippen LogP contribution in [0.5, 0.6) is 0 Å². The number of aryl methyl sites for hydroxylation is 1. The molecule has 2 unspecified atom stereocenters. The first-order valence-electron chi connectivity index (χ1n) is 7.75. The maximum Gasteiger partial charge on any atom is 0.123 e. The van der Waals surface area contributed by atoms with Gasteiger partial charge in [-0.2, -0.15) is 0 Å². The molecule has 0 saturated heterocycles. The molecule has 0 fully saturated rings. The smallest absolute Gasteiger partial charge is 0.123 e. The van der Waals surface area contributed by atoms with E-state index in [9.17, 15) is 4.39 Å². The largest absolute Gasteiger partial charge is 0.316 e. The minimum absolute atomic E-state index is 0.142. The molecule has 110 valence electrons. The van der Waals surface area contributed by atoms with E-state index in [2.05, 4.69) is 29.6 Å². The predicted octanol–water partition coefficient (Wildman–Crippen LogP) is 3.76. The van der Waals surface area contributed by atoms with E-state index in [-0.39, 0.29) is 5.82 Å². The zero-order chi connectivity index (χ0) is 14.7. The van der Waals surface area contributed by atoms with Crippen molar-refractivity contribution in [1.82, 2.24) is 5.32 Å². The number of benzene rings is 2. The summed E-state index contributed by atoms with van der Waals surface area (Å²) in [5, 5.41) is 3.45. The Bertz CT molecular complexity index is 608. The van der Waals surface area contributed by atoms with E-state index in [0.717, 1.165) is 24.8 Å². The van der Waals surface area contributed by atoms with Crippen LogP contribution in [0.15, 0.2) is 48.5 Å². The molecular weight excluding hydrogens is 261 g/mol. The Morgan fingerprint density at radius 2 is 1.95 bits per heavy atom. The Kier molecular flexibility index (Phi) is 4.35. The number of nitrogens with one attached hydrogen (secondary N) is 1. The second-order valence-electron chi connectivity index (χ2n) is 6.00. The average Bonchev–Trinajstić information content (AvgIpc) is 2.52. The van der Waals surface area contributed by atoms with Gasteiger partial charge in [0.05, 0.1) is 0 Å². The number of rotatable bonds is 4. The molecule has 3 rings (SSSR count). The topological polar surface area (TPSA) is 12.0 Å². The summed E-state index contributed by atoms with van der Waals surface area (Å²) < 4.78 is 13.3. The zero-order valence-electron chi connectivity index (χ0n) is 12.5. The zero-order valence-corrected chi connectivity index (χ0v) is 12.5. The molecule has 0 aromatic heterocycles. The van der Waals surface area contributed by atoms with Crippen LogP contribution in [-0.4, -0.2) is 13.1 Å². The quantitative estimate of drug-likeness (QED) is 0.901. The Balaban J connectivity index is 1.73. The van der Waals surface area contributed by atoms with Crippen molar-refractivity contribution in [3.05, 3.63) is 71.0 Å². The monoisotopic (exact) mass is 283 g/mol. The van der Waals surface area contributed by atoms with Crippen LogP contribution >= 0.6 is 0 Å². The first-order chi connectivity index (χ1) is 10.3. The van der Waals surface area contributed by atoms with E-state index in [1.165, 1.54) is 23.6 Å². The van der Waals surface area contributed by atoms with Crippen LogP contribution in [0.25, 0.3) is 0 Å². The summed E-state index contributed by atoms with van der Waals surface area (Å²) in [5.74, 6) is 0.476. The third-order valence-corrected chi connectivity index (χ3v) is 4.67. The third kappa shape index (κ3) is 3.33. The van der Waals surface area contributed by atoms with Crippen LogP contribution in [0.2, 0.25) is 0 Å². The van der Waals surface area contributed by atoms with Gasteiger partial charge in [-0.3, -0.25) is 0 Å². The lowest BCUT2D eigenvalue weighted by Gasteiger charge is -2.31. The summed E-state index contributed by atoms with van der Waals surface area (Å²) in [7, 11) is 2.02. The standard InChI is InChI=1S/C19H22FN/c1-21-19(12-14-5-4-8-18(20)11-14)17-10-9-15-6-2-3-7-16(15)13-17/h2-8,11,17,19,21H,9-10,12-13H2,1H3. The summed E-state index contributed by atoms with van der Waals surface area (Å²) in [5.41, 5.74) is 4.05. The summed E-state index contributed by atoms with van der Waals surface area (Å²) in [6.07, 6.45) is 4.37. The lowest BCUT2D eigenvalue weighted by atomic mass is 9.78. The fraction of sp³-hybridized carbons (Fsp3) is 0.368. The molecule has 0 amide bonds. The summed E-state index contributed by atoms with van der Waals surface area (Å²) in [6, 6.07) is 16.1. The highest BCUT2D eigenvalue weighted by Gasteiger charge is 2.25. The number of fused-ring (bicyclic) bond motifs is 1. The Morgan fingerprint density at radius 3 is 2.71 bits per heavy atom. The van der Waals surface area contributed by atoms with Gasteiger partial charge in [0.15, 0.2) is 0 Å². The first kappa shape index (κ1) is 14.3. The fourth-order valence-electron chi connectivity index (χ4n) is 3.49. The SMILES string of the molecule is CNC(Cc1cccc(F)c1)C1CCc2ccccc2C1. The van der Waals surface area contributed by atoms with Crippen molar-refractivity contribution in [2.24, 2.45) is 5.92 Å². The van der Waals surface area contributed by atoms with Crippen molar-refractivity contribution >= 4 is 0 Å². The lowest BCUT2D eigenvalue weighted by molar-refractivity contribution is 0.333. The summed E-state index contributed by atoms with van der Waals surface area (Å²) in [6.45, 7) is 0. The number of halogens is 1. The third-order valence-electron chi connectivity index (χ3n) is 4.67. The molecule has 2 aromatic carbocycles. The van der Waals surface area contributed by atoms with Gasteiger partial charge in [-0.25, -0.2) is 4.39 Å². The van der Waals surface area contributed by atoms with Gasteiger partial charge in [0, 0.05) is 6.04 Å². The van der Waals surface area contributed by atoms with Crippen molar-refractivity contribution in [1.29, 1.82) is 0 Å². The van der Waals surface area contributed by atoms with E-state index < -0.39 is 0 Å². The second-order valence-corrected chi connectivity index (χ2v) is 6.00. The first-order valence-corrected chi connectivity index (χ1v) is 7.75. The molecular formula is C19H22FN. The average molecular weight is 283 g/mol. The molecule has 0 saturated carbocycles. The molecule has 1 aliphatic rings. The normalized spacial score (nSPS) is 19.0. The second kappa shape index (κ2) is 6.40. The molecule has 1 nitrogen and oxygen atoms in total. The Labute approximate surface area is 126 Å². The molecule has 1 N–H and O–H groups in total. The van der Waals surface area contributed by atoms with Crippen LogP contribution in [0.3, 0.4) is 0 Å². The molecule has 0 aliphatic heterocycles. The van der Waals surface area contributed by atoms with Crippen molar-refractivity contribution in [3.63, 3.8) is 0 Å². The summed E-state index contributed by atoms with van der Waals surface area (Å²) in [4.78, 5) is 0. The van der Waals surface area contributed by atoms with Gasteiger partial charge in [0.1, 0.15) is 5.82 Å². The minimum Gasteiger partial charge on any atom is -0.316 e. The number of hydrogen-bond acceptors (Lipinski definition) is 1. The Hall–Kier alpha value is -1.67. The number of likely N-dealkylation sites (N-methyl/N-ethyl adjacent to an activating group) is 1. The van der Waals surface area contributed by atoms with E-state index in [1.807, 2.05) is 13.1 Å². The molecule has 0 spiro atoms. The van der Waals surface area contributed by atoms with Crippen LogP contribution < -0.4 is 5.32 Å². The maximum atomic E-state index is 13.3.